The van der Waals surface area contributed by atoms with E-state index in [2.05, 4.69) is 15.9 Å². The summed E-state index contributed by atoms with van der Waals surface area (Å²) in [6.07, 6.45) is 0.229. The molecule has 0 atom stereocenters. The molecule has 0 aliphatic rings. The van der Waals surface area contributed by atoms with Crippen molar-refractivity contribution in [3.05, 3.63) is 56.4 Å². The number of carbonyl (C=O) groups excluding carboxylic acids is 1. The average Bonchev–Trinajstić information content (AvgIpc) is 2.68. The maximum atomic E-state index is 13.1. The number of ketones is 1. The fourth-order valence-electron chi connectivity index (χ4n) is 1.42. The highest BCUT2D eigenvalue weighted by atomic mass is 79.9. The molecule has 16 heavy (non-hydrogen) atoms. The van der Waals surface area contributed by atoms with Gasteiger partial charge in [0.05, 0.1) is 0 Å². The van der Waals surface area contributed by atoms with E-state index in [1.54, 1.807) is 17.5 Å². The van der Waals surface area contributed by atoms with Crippen LogP contribution in [-0.4, -0.2) is 5.78 Å². The molecule has 1 heterocycles. The van der Waals surface area contributed by atoms with Gasteiger partial charge in [0, 0.05) is 21.8 Å². The van der Waals surface area contributed by atoms with Crippen LogP contribution >= 0.6 is 27.3 Å². The van der Waals surface area contributed by atoms with E-state index in [0.717, 1.165) is 0 Å². The normalized spacial score (nSPS) is 10.4. The Labute approximate surface area is 105 Å². The lowest BCUT2D eigenvalue weighted by atomic mass is 10.1. The Morgan fingerprint density at radius 3 is 2.81 bits per heavy atom. The first-order valence-corrected chi connectivity index (χ1v) is 6.39. The van der Waals surface area contributed by atoms with Crippen LogP contribution in [0.2, 0.25) is 0 Å². The van der Waals surface area contributed by atoms with Gasteiger partial charge >= 0.3 is 0 Å². The van der Waals surface area contributed by atoms with Gasteiger partial charge in [-0.15, -0.1) is 0 Å². The number of halogens is 2. The van der Waals surface area contributed by atoms with Crippen LogP contribution in [0, 0.1) is 5.82 Å². The van der Waals surface area contributed by atoms with Crippen LogP contribution < -0.4 is 0 Å². The fourth-order valence-corrected chi connectivity index (χ4v) is 2.60. The quantitative estimate of drug-likeness (QED) is 0.781. The maximum absolute atomic E-state index is 13.1. The molecule has 0 fully saturated rings. The lowest BCUT2D eigenvalue weighted by Gasteiger charge is -2.01. The van der Waals surface area contributed by atoms with Crippen LogP contribution in [0.3, 0.4) is 0 Å². The third-order valence-electron chi connectivity index (χ3n) is 2.13. The summed E-state index contributed by atoms with van der Waals surface area (Å²) in [7, 11) is 0. The maximum Gasteiger partial charge on any atom is 0.168 e. The van der Waals surface area contributed by atoms with E-state index >= 15 is 0 Å². The van der Waals surface area contributed by atoms with Gasteiger partial charge in [-0.05, 0) is 35.2 Å². The van der Waals surface area contributed by atoms with Crippen LogP contribution in [0.4, 0.5) is 4.39 Å². The molecule has 2 rings (SSSR count). The number of benzene rings is 1. The molecule has 1 aromatic carbocycles. The smallest absolute Gasteiger partial charge is 0.168 e. The van der Waals surface area contributed by atoms with Gasteiger partial charge in [0.1, 0.15) is 5.82 Å². The summed E-state index contributed by atoms with van der Waals surface area (Å²) in [6, 6.07) is 6.29. The minimum absolute atomic E-state index is 0.0127. The molecule has 2 aromatic rings. The van der Waals surface area contributed by atoms with Gasteiger partial charge in [-0.25, -0.2) is 4.39 Å². The van der Waals surface area contributed by atoms with Crippen molar-refractivity contribution < 1.29 is 9.18 Å². The highest BCUT2D eigenvalue weighted by Gasteiger charge is 2.08. The predicted molar refractivity (Wildman–Crippen MR) is 66.5 cm³/mol. The van der Waals surface area contributed by atoms with E-state index in [0.29, 0.717) is 15.6 Å². The molecule has 0 radical (unpaired) electrons. The summed E-state index contributed by atoms with van der Waals surface area (Å²) in [5, 5.41) is 3.66. The Morgan fingerprint density at radius 1 is 1.38 bits per heavy atom. The Balaban J connectivity index is 2.18. The molecule has 0 spiro atoms. The zero-order valence-corrected chi connectivity index (χ0v) is 10.6. The van der Waals surface area contributed by atoms with Gasteiger partial charge < -0.3 is 0 Å². The fraction of sp³-hybridized carbons (Fsp3) is 0.0833. The lowest BCUT2D eigenvalue weighted by molar-refractivity contribution is 0.0993. The molecule has 0 amide bonds. The minimum atomic E-state index is -0.331. The lowest BCUT2D eigenvalue weighted by Crippen LogP contribution is -2.02. The highest BCUT2D eigenvalue weighted by molar-refractivity contribution is 9.10. The van der Waals surface area contributed by atoms with Gasteiger partial charge in [0.2, 0.25) is 0 Å². The van der Waals surface area contributed by atoms with Crippen LogP contribution in [0.1, 0.15) is 15.9 Å². The highest BCUT2D eigenvalue weighted by Crippen LogP contribution is 2.17. The summed E-state index contributed by atoms with van der Waals surface area (Å²) < 4.78 is 13.7. The number of Topliss-reactive ketones (excluding diaryl/α,β-unsaturated/α-hetero) is 1. The Kier molecular flexibility index (Phi) is 3.51. The van der Waals surface area contributed by atoms with Crippen molar-refractivity contribution >= 4 is 33.0 Å². The number of hydrogen-bond acceptors (Lipinski definition) is 2. The number of carbonyl (C=O) groups is 1. The molecule has 4 heteroatoms. The Bertz CT molecular complexity index is 487. The standard InChI is InChI=1S/C12H8BrFOS/c13-10-3-8(4-11(14)6-10)5-12(15)9-1-2-16-7-9/h1-4,6-7H,5H2. The van der Waals surface area contributed by atoms with E-state index < -0.39 is 0 Å². The molecule has 0 saturated heterocycles. The minimum Gasteiger partial charge on any atom is -0.294 e. The molecule has 0 bridgehead atoms. The summed E-state index contributed by atoms with van der Waals surface area (Å²) in [5.74, 6) is -0.318. The molecule has 0 saturated carbocycles. The largest absolute Gasteiger partial charge is 0.294 e. The van der Waals surface area contributed by atoms with E-state index in [1.807, 2.05) is 5.38 Å². The summed E-state index contributed by atoms with van der Waals surface area (Å²) in [5.41, 5.74) is 1.37. The van der Waals surface area contributed by atoms with Crippen LogP contribution in [0.25, 0.3) is 0 Å². The first kappa shape index (κ1) is 11.5. The third-order valence-corrected chi connectivity index (χ3v) is 3.27. The average molecular weight is 299 g/mol. The monoisotopic (exact) mass is 298 g/mol. The molecule has 0 unspecified atom stereocenters. The zero-order valence-electron chi connectivity index (χ0n) is 8.24. The number of hydrogen-bond donors (Lipinski definition) is 0. The van der Waals surface area contributed by atoms with Crippen LogP contribution in [-0.2, 0) is 6.42 Å². The van der Waals surface area contributed by atoms with Gasteiger partial charge in [-0.2, -0.15) is 11.3 Å². The first-order valence-electron chi connectivity index (χ1n) is 4.65. The van der Waals surface area contributed by atoms with E-state index in [9.17, 15) is 9.18 Å². The second-order valence-electron chi connectivity index (χ2n) is 3.39. The summed E-state index contributed by atoms with van der Waals surface area (Å²) >= 11 is 4.68. The second-order valence-corrected chi connectivity index (χ2v) is 5.09. The van der Waals surface area contributed by atoms with Gasteiger partial charge in [0.25, 0.3) is 0 Å². The van der Waals surface area contributed by atoms with Gasteiger partial charge in [0.15, 0.2) is 5.78 Å². The topological polar surface area (TPSA) is 17.1 Å². The van der Waals surface area contributed by atoms with E-state index in [-0.39, 0.29) is 18.0 Å². The SMILES string of the molecule is O=C(Cc1cc(F)cc(Br)c1)c1ccsc1. The van der Waals surface area contributed by atoms with E-state index in [4.69, 9.17) is 0 Å². The van der Waals surface area contributed by atoms with Crippen LogP contribution in [0.15, 0.2) is 39.5 Å². The number of rotatable bonds is 3. The Morgan fingerprint density at radius 2 is 2.19 bits per heavy atom. The van der Waals surface area contributed by atoms with Crippen LogP contribution in [0.5, 0.6) is 0 Å². The third kappa shape index (κ3) is 2.77. The molecule has 1 aromatic heterocycles. The first-order chi connectivity index (χ1) is 7.65. The van der Waals surface area contributed by atoms with Crippen molar-refractivity contribution in [3.8, 4) is 0 Å². The number of thiophene rings is 1. The second kappa shape index (κ2) is 4.89. The van der Waals surface area contributed by atoms with Crippen molar-refractivity contribution in [2.24, 2.45) is 0 Å². The molecular formula is C12H8BrFOS. The molecule has 1 nitrogen and oxygen atoms in total. The molecule has 0 N–H and O–H groups in total. The van der Waals surface area contributed by atoms with Crippen molar-refractivity contribution in [2.45, 2.75) is 6.42 Å². The zero-order chi connectivity index (χ0) is 11.5. The summed E-state index contributed by atoms with van der Waals surface area (Å²) in [6.45, 7) is 0. The van der Waals surface area contributed by atoms with Crippen molar-refractivity contribution in [2.75, 3.05) is 0 Å². The predicted octanol–water partition coefficient (Wildman–Crippen LogP) is 4.08. The molecule has 82 valence electrons. The van der Waals surface area contributed by atoms with Gasteiger partial charge in [-0.3, -0.25) is 4.79 Å². The van der Waals surface area contributed by atoms with Crippen molar-refractivity contribution in [1.29, 1.82) is 0 Å². The molecular weight excluding hydrogens is 291 g/mol. The van der Waals surface area contributed by atoms with Crippen molar-refractivity contribution in [1.82, 2.24) is 0 Å². The van der Waals surface area contributed by atoms with Gasteiger partial charge in [-0.1, -0.05) is 15.9 Å². The molecule has 0 aliphatic carbocycles. The summed E-state index contributed by atoms with van der Waals surface area (Å²) in [4.78, 5) is 11.8. The molecule has 0 aliphatic heterocycles. The van der Waals surface area contributed by atoms with Crippen molar-refractivity contribution in [3.63, 3.8) is 0 Å². The Hall–Kier alpha value is -1.00. The van der Waals surface area contributed by atoms with E-state index in [1.165, 1.54) is 23.5 Å².